The molecule has 0 saturated heterocycles. The fourth-order valence-electron chi connectivity index (χ4n) is 4.03. The number of nitrogens with zero attached hydrogens (tertiary/aromatic N) is 2. The molecule has 4 rings (SSSR count). The van der Waals surface area contributed by atoms with Crippen LogP contribution in [0.3, 0.4) is 0 Å². The number of rotatable bonds is 8. The zero-order valence-electron chi connectivity index (χ0n) is 19.7. The van der Waals surface area contributed by atoms with Gasteiger partial charge in [-0.3, -0.25) is 0 Å². The number of fused-ring (bicyclic) bond motifs is 1. The average Bonchev–Trinajstić information content (AvgIpc) is 2.83. The van der Waals surface area contributed by atoms with Crippen LogP contribution >= 0.6 is 0 Å². The highest BCUT2D eigenvalue weighted by molar-refractivity contribution is 5.92. The maximum atomic E-state index is 5.50. The van der Waals surface area contributed by atoms with Gasteiger partial charge in [0.15, 0.2) is 11.5 Å². The number of ether oxygens (including phenoxy) is 3. The smallest absolute Gasteiger partial charge is 0.162 e. The molecule has 1 aromatic heterocycles. The number of anilines is 1. The summed E-state index contributed by atoms with van der Waals surface area (Å²) in [6.07, 6.45) is 0. The van der Waals surface area contributed by atoms with Gasteiger partial charge in [-0.25, -0.2) is 9.97 Å². The molecule has 0 amide bonds. The number of hydrogen-bond acceptors (Lipinski definition) is 6. The van der Waals surface area contributed by atoms with E-state index in [0.717, 1.165) is 33.4 Å². The molecule has 170 valence electrons. The molecule has 0 unspecified atom stereocenters. The molecule has 0 aliphatic carbocycles. The normalized spacial score (nSPS) is 11.9. The molecule has 4 aromatic rings. The lowest BCUT2D eigenvalue weighted by molar-refractivity contribution is 0.185. The molecule has 6 heteroatoms. The first-order valence-corrected chi connectivity index (χ1v) is 10.9. The third-order valence-corrected chi connectivity index (χ3v) is 5.68. The summed E-state index contributed by atoms with van der Waals surface area (Å²) in [5.41, 5.74) is 5.45. The summed E-state index contributed by atoms with van der Waals surface area (Å²) >= 11 is 0. The van der Waals surface area contributed by atoms with E-state index in [0.29, 0.717) is 23.9 Å². The Labute approximate surface area is 194 Å². The zero-order chi connectivity index (χ0) is 23.4. The van der Waals surface area contributed by atoms with Gasteiger partial charge in [0.25, 0.3) is 0 Å². The molecule has 33 heavy (non-hydrogen) atoms. The SMILES string of the molecule is COCc1ccccc1-c1cccc([C@@H](C)Nc2nc(C)nc3cc(OC)c(OC)cc23)c1. The Kier molecular flexibility index (Phi) is 6.75. The lowest BCUT2D eigenvalue weighted by atomic mass is 9.96. The Bertz CT molecular complexity index is 1270. The van der Waals surface area contributed by atoms with E-state index in [9.17, 15) is 0 Å². The van der Waals surface area contributed by atoms with Crippen molar-refractivity contribution < 1.29 is 14.2 Å². The number of benzene rings is 3. The van der Waals surface area contributed by atoms with E-state index >= 15 is 0 Å². The van der Waals surface area contributed by atoms with Crippen LogP contribution in [0.2, 0.25) is 0 Å². The van der Waals surface area contributed by atoms with Gasteiger partial charge in [-0.15, -0.1) is 0 Å². The molecule has 3 aromatic carbocycles. The van der Waals surface area contributed by atoms with Crippen molar-refractivity contribution in [2.75, 3.05) is 26.6 Å². The third kappa shape index (κ3) is 4.76. The second-order valence-electron chi connectivity index (χ2n) is 7.93. The van der Waals surface area contributed by atoms with E-state index in [1.165, 1.54) is 5.56 Å². The van der Waals surface area contributed by atoms with Crippen LogP contribution in [0.25, 0.3) is 22.0 Å². The first-order valence-electron chi connectivity index (χ1n) is 10.9. The summed E-state index contributed by atoms with van der Waals surface area (Å²) in [6, 6.07) is 20.7. The summed E-state index contributed by atoms with van der Waals surface area (Å²) < 4.78 is 16.3. The van der Waals surface area contributed by atoms with Crippen molar-refractivity contribution >= 4 is 16.7 Å². The second-order valence-corrected chi connectivity index (χ2v) is 7.93. The standard InChI is InChI=1S/C27H29N3O3/c1-17(19-10-8-11-20(13-19)22-12-7-6-9-21(22)16-31-3)28-27-23-14-25(32-4)26(33-5)15-24(23)29-18(2)30-27/h6-15,17H,16H2,1-5H3,(H,28,29,30)/t17-/m1/s1. The van der Waals surface area contributed by atoms with E-state index in [2.05, 4.69) is 64.7 Å². The van der Waals surface area contributed by atoms with Crippen molar-refractivity contribution in [2.45, 2.75) is 26.5 Å². The fraction of sp³-hybridized carbons (Fsp3) is 0.259. The molecular weight excluding hydrogens is 414 g/mol. The maximum absolute atomic E-state index is 5.50. The van der Waals surface area contributed by atoms with Crippen molar-refractivity contribution in [3.63, 3.8) is 0 Å². The number of aryl methyl sites for hydroxylation is 1. The minimum atomic E-state index is 0.0186. The number of aromatic nitrogens is 2. The van der Waals surface area contributed by atoms with E-state index in [1.54, 1.807) is 21.3 Å². The number of hydrogen-bond donors (Lipinski definition) is 1. The van der Waals surface area contributed by atoms with E-state index in [1.807, 2.05) is 25.1 Å². The van der Waals surface area contributed by atoms with Crippen molar-refractivity contribution in [1.82, 2.24) is 9.97 Å². The van der Waals surface area contributed by atoms with Crippen molar-refractivity contribution in [2.24, 2.45) is 0 Å². The molecule has 0 fully saturated rings. The van der Waals surface area contributed by atoms with Crippen LogP contribution in [0.1, 0.15) is 29.9 Å². The fourth-order valence-corrected chi connectivity index (χ4v) is 4.03. The third-order valence-electron chi connectivity index (χ3n) is 5.68. The van der Waals surface area contributed by atoms with Gasteiger partial charge in [0.2, 0.25) is 0 Å². The molecule has 0 aliphatic rings. The highest BCUT2D eigenvalue weighted by Gasteiger charge is 2.15. The van der Waals surface area contributed by atoms with Crippen LogP contribution in [0, 0.1) is 6.92 Å². The van der Waals surface area contributed by atoms with Gasteiger partial charge in [0, 0.05) is 24.6 Å². The zero-order valence-corrected chi connectivity index (χ0v) is 19.7. The van der Waals surface area contributed by atoms with Gasteiger partial charge in [-0.05, 0) is 48.2 Å². The van der Waals surface area contributed by atoms with E-state index < -0.39 is 0 Å². The Balaban J connectivity index is 1.69. The molecular formula is C27H29N3O3. The Morgan fingerprint density at radius 3 is 2.39 bits per heavy atom. The molecule has 0 aliphatic heterocycles. The van der Waals surface area contributed by atoms with Gasteiger partial charge < -0.3 is 19.5 Å². The maximum Gasteiger partial charge on any atom is 0.162 e. The highest BCUT2D eigenvalue weighted by atomic mass is 16.5. The van der Waals surface area contributed by atoms with Crippen LogP contribution in [0.4, 0.5) is 5.82 Å². The molecule has 1 N–H and O–H groups in total. The first kappa shape index (κ1) is 22.6. The average molecular weight is 444 g/mol. The summed E-state index contributed by atoms with van der Waals surface area (Å²) in [5.74, 6) is 2.73. The van der Waals surface area contributed by atoms with Crippen molar-refractivity contribution in [3.8, 4) is 22.6 Å². The predicted molar refractivity (Wildman–Crippen MR) is 132 cm³/mol. The minimum Gasteiger partial charge on any atom is -0.493 e. The molecule has 1 heterocycles. The van der Waals surface area contributed by atoms with Crippen molar-refractivity contribution in [3.05, 3.63) is 77.6 Å². The monoisotopic (exact) mass is 443 g/mol. The minimum absolute atomic E-state index is 0.0186. The van der Waals surface area contributed by atoms with Gasteiger partial charge in [-0.1, -0.05) is 42.5 Å². The number of nitrogens with one attached hydrogen (secondary N) is 1. The summed E-state index contributed by atoms with van der Waals surface area (Å²) in [6.45, 7) is 4.59. The quantitative estimate of drug-likeness (QED) is 0.363. The predicted octanol–water partition coefficient (Wildman–Crippen LogP) is 5.94. The molecule has 0 spiro atoms. The largest absolute Gasteiger partial charge is 0.493 e. The topological polar surface area (TPSA) is 65.5 Å². The van der Waals surface area contributed by atoms with Gasteiger partial charge >= 0.3 is 0 Å². The highest BCUT2D eigenvalue weighted by Crippen LogP contribution is 2.35. The Morgan fingerprint density at radius 1 is 0.879 bits per heavy atom. The molecule has 0 bridgehead atoms. The van der Waals surface area contributed by atoms with Crippen LogP contribution in [-0.4, -0.2) is 31.3 Å². The Hall–Kier alpha value is -3.64. The van der Waals surface area contributed by atoms with E-state index in [-0.39, 0.29) is 6.04 Å². The van der Waals surface area contributed by atoms with Crippen LogP contribution in [-0.2, 0) is 11.3 Å². The summed E-state index contributed by atoms with van der Waals surface area (Å²) in [7, 11) is 4.97. The summed E-state index contributed by atoms with van der Waals surface area (Å²) in [5, 5.41) is 4.46. The van der Waals surface area contributed by atoms with Crippen LogP contribution in [0.15, 0.2) is 60.7 Å². The molecule has 1 atom stereocenters. The van der Waals surface area contributed by atoms with Crippen LogP contribution < -0.4 is 14.8 Å². The Morgan fingerprint density at radius 2 is 1.64 bits per heavy atom. The molecule has 6 nitrogen and oxygen atoms in total. The second kappa shape index (κ2) is 9.88. The van der Waals surface area contributed by atoms with Gasteiger partial charge in [-0.2, -0.15) is 0 Å². The first-order chi connectivity index (χ1) is 16.0. The molecule has 0 saturated carbocycles. The van der Waals surface area contributed by atoms with Gasteiger partial charge in [0.05, 0.1) is 26.3 Å². The van der Waals surface area contributed by atoms with Gasteiger partial charge in [0.1, 0.15) is 11.6 Å². The molecule has 0 radical (unpaired) electrons. The number of methoxy groups -OCH3 is 3. The van der Waals surface area contributed by atoms with Crippen molar-refractivity contribution in [1.29, 1.82) is 0 Å². The lowest BCUT2D eigenvalue weighted by Gasteiger charge is -2.19. The van der Waals surface area contributed by atoms with Crippen LogP contribution in [0.5, 0.6) is 11.5 Å². The van der Waals surface area contributed by atoms with E-state index in [4.69, 9.17) is 14.2 Å². The lowest BCUT2D eigenvalue weighted by Crippen LogP contribution is -2.10. The summed E-state index contributed by atoms with van der Waals surface area (Å²) in [4.78, 5) is 9.26.